The number of aliphatic hydroxyl groups is 1. The first-order chi connectivity index (χ1) is 11.0. The maximum absolute atomic E-state index is 12.1. The normalized spacial score (nSPS) is 11.1. The summed E-state index contributed by atoms with van der Waals surface area (Å²) in [7, 11) is 1.53. The number of aromatic amines is 1. The number of hydrogen-bond donors (Lipinski definition) is 3. The first kappa shape index (κ1) is 15.0. The number of imidazole rings is 1. The van der Waals surface area contributed by atoms with E-state index in [-0.39, 0.29) is 24.3 Å². The largest absolute Gasteiger partial charge is 0.395 e. The molecule has 0 fully saturated rings. The molecule has 23 heavy (non-hydrogen) atoms. The molecule has 3 aromatic rings. The molecule has 0 amide bonds. The van der Waals surface area contributed by atoms with E-state index in [9.17, 15) is 14.7 Å². The Hall–Kier alpha value is -2.87. The fraction of sp³-hybridized carbons (Fsp3) is 0.267. The first-order valence-corrected chi connectivity index (χ1v) is 7.15. The molecule has 3 N–H and O–H groups in total. The van der Waals surface area contributed by atoms with Crippen molar-refractivity contribution in [3.05, 3.63) is 50.7 Å². The van der Waals surface area contributed by atoms with E-state index < -0.39 is 11.2 Å². The maximum atomic E-state index is 12.1. The molecule has 0 aliphatic rings. The molecule has 1 aromatic carbocycles. The van der Waals surface area contributed by atoms with Gasteiger partial charge in [-0.3, -0.25) is 14.3 Å². The predicted octanol–water partition coefficient (Wildman–Crippen LogP) is 0.468. The smallest absolute Gasteiger partial charge is 0.329 e. The molecule has 0 spiro atoms. The van der Waals surface area contributed by atoms with Gasteiger partial charge in [-0.1, -0.05) is 17.7 Å². The van der Waals surface area contributed by atoms with Crippen LogP contribution in [0.15, 0.2) is 33.9 Å². The summed E-state index contributed by atoms with van der Waals surface area (Å²) < 4.78 is 2.83. The second-order valence-electron chi connectivity index (χ2n) is 5.29. The zero-order valence-electron chi connectivity index (χ0n) is 12.8. The third kappa shape index (κ3) is 2.64. The molecule has 3 rings (SSSR count). The minimum atomic E-state index is -0.530. The van der Waals surface area contributed by atoms with Crippen LogP contribution in [-0.2, 0) is 13.6 Å². The van der Waals surface area contributed by atoms with E-state index in [0.717, 1.165) is 11.3 Å². The lowest BCUT2D eigenvalue weighted by Gasteiger charge is -2.09. The van der Waals surface area contributed by atoms with Crippen molar-refractivity contribution < 1.29 is 5.11 Å². The van der Waals surface area contributed by atoms with E-state index in [0.29, 0.717) is 5.95 Å². The van der Waals surface area contributed by atoms with Crippen LogP contribution >= 0.6 is 0 Å². The predicted molar refractivity (Wildman–Crippen MR) is 87.1 cm³/mol. The van der Waals surface area contributed by atoms with Gasteiger partial charge in [-0.2, -0.15) is 4.98 Å². The average molecular weight is 315 g/mol. The van der Waals surface area contributed by atoms with Gasteiger partial charge in [0.05, 0.1) is 6.61 Å². The van der Waals surface area contributed by atoms with E-state index in [1.807, 2.05) is 31.2 Å². The van der Waals surface area contributed by atoms with Crippen LogP contribution in [0.3, 0.4) is 0 Å². The lowest BCUT2D eigenvalue weighted by molar-refractivity contribution is 0.278. The van der Waals surface area contributed by atoms with E-state index in [4.69, 9.17) is 0 Å². The summed E-state index contributed by atoms with van der Waals surface area (Å²) in [5.74, 6) is 0.393. The zero-order valence-corrected chi connectivity index (χ0v) is 12.8. The number of hydrogen-bond acceptors (Lipinski definition) is 5. The van der Waals surface area contributed by atoms with Crippen molar-refractivity contribution in [3.8, 4) is 0 Å². The summed E-state index contributed by atoms with van der Waals surface area (Å²) in [5, 5.41) is 12.4. The molecule has 8 nitrogen and oxygen atoms in total. The fourth-order valence-electron chi connectivity index (χ4n) is 2.41. The molecule has 0 atom stereocenters. The molecule has 120 valence electrons. The van der Waals surface area contributed by atoms with Crippen molar-refractivity contribution in [3.63, 3.8) is 0 Å². The van der Waals surface area contributed by atoms with Gasteiger partial charge in [0.25, 0.3) is 5.56 Å². The molecule has 2 heterocycles. The van der Waals surface area contributed by atoms with Gasteiger partial charge in [0.1, 0.15) is 0 Å². The molecule has 0 aliphatic heterocycles. The number of nitrogens with zero attached hydrogens (tertiary/aromatic N) is 3. The highest BCUT2D eigenvalue weighted by atomic mass is 16.3. The standard InChI is InChI=1S/C15H17N5O3/c1-9-3-5-10(6-4-9)16-14-17-12-11(20(14)7-8-21)13(22)18-15(23)19(12)2/h3-6,21H,7-8H2,1-2H3,(H,16,17)(H,18,22,23). The Morgan fingerprint density at radius 3 is 2.61 bits per heavy atom. The Balaban J connectivity index is 2.19. The van der Waals surface area contributed by atoms with E-state index in [2.05, 4.69) is 15.3 Å². The number of anilines is 2. The van der Waals surface area contributed by atoms with E-state index in [1.54, 1.807) is 4.57 Å². The molecule has 0 radical (unpaired) electrons. The minimum Gasteiger partial charge on any atom is -0.395 e. The van der Waals surface area contributed by atoms with Crippen LogP contribution in [0, 0.1) is 6.92 Å². The Bertz CT molecular complexity index is 966. The quantitative estimate of drug-likeness (QED) is 0.649. The van der Waals surface area contributed by atoms with Gasteiger partial charge in [-0.25, -0.2) is 4.79 Å². The van der Waals surface area contributed by atoms with Crippen LogP contribution in [0.1, 0.15) is 5.56 Å². The van der Waals surface area contributed by atoms with Crippen molar-refractivity contribution in [2.45, 2.75) is 13.5 Å². The van der Waals surface area contributed by atoms with Crippen LogP contribution in [0.4, 0.5) is 11.6 Å². The van der Waals surface area contributed by atoms with Gasteiger partial charge in [0.15, 0.2) is 11.2 Å². The SMILES string of the molecule is Cc1ccc(Nc2nc3c(c(=O)[nH]c(=O)n3C)n2CCO)cc1. The van der Waals surface area contributed by atoms with Crippen LogP contribution < -0.4 is 16.6 Å². The Morgan fingerprint density at radius 2 is 1.96 bits per heavy atom. The van der Waals surface area contributed by atoms with Gasteiger partial charge < -0.3 is 15.0 Å². The van der Waals surface area contributed by atoms with Crippen LogP contribution in [0.5, 0.6) is 0 Å². The highest BCUT2D eigenvalue weighted by Crippen LogP contribution is 2.20. The first-order valence-electron chi connectivity index (χ1n) is 7.15. The monoisotopic (exact) mass is 315 g/mol. The van der Waals surface area contributed by atoms with Crippen LogP contribution in [-0.4, -0.2) is 30.8 Å². The topological polar surface area (TPSA) is 105 Å². The van der Waals surface area contributed by atoms with Crippen molar-refractivity contribution in [1.29, 1.82) is 0 Å². The van der Waals surface area contributed by atoms with Crippen LogP contribution in [0.2, 0.25) is 0 Å². The third-order valence-corrected chi connectivity index (χ3v) is 3.64. The van der Waals surface area contributed by atoms with Gasteiger partial charge in [0, 0.05) is 19.3 Å². The molecular weight excluding hydrogens is 298 g/mol. The zero-order chi connectivity index (χ0) is 16.6. The number of fused-ring (bicyclic) bond motifs is 1. The molecule has 0 saturated heterocycles. The third-order valence-electron chi connectivity index (χ3n) is 3.64. The van der Waals surface area contributed by atoms with Gasteiger partial charge in [-0.15, -0.1) is 0 Å². The number of benzene rings is 1. The molecule has 0 aliphatic carbocycles. The summed E-state index contributed by atoms with van der Waals surface area (Å²) in [4.78, 5) is 30.4. The Labute approximate surface area is 131 Å². The summed E-state index contributed by atoms with van der Waals surface area (Å²) in [5.41, 5.74) is 1.38. The molecule has 0 saturated carbocycles. The van der Waals surface area contributed by atoms with Crippen molar-refractivity contribution in [1.82, 2.24) is 19.1 Å². The summed E-state index contributed by atoms with van der Waals surface area (Å²) in [6, 6.07) is 7.68. The number of aryl methyl sites for hydroxylation is 2. The summed E-state index contributed by atoms with van der Waals surface area (Å²) in [6.07, 6.45) is 0. The van der Waals surface area contributed by atoms with Crippen molar-refractivity contribution in [2.24, 2.45) is 7.05 Å². The molecule has 2 aromatic heterocycles. The number of H-pyrrole nitrogens is 1. The molecule has 0 unspecified atom stereocenters. The lowest BCUT2D eigenvalue weighted by Crippen LogP contribution is -2.29. The second-order valence-corrected chi connectivity index (χ2v) is 5.29. The highest BCUT2D eigenvalue weighted by Gasteiger charge is 2.17. The maximum Gasteiger partial charge on any atom is 0.329 e. The number of aromatic nitrogens is 4. The number of nitrogens with one attached hydrogen (secondary N) is 2. The fourth-order valence-corrected chi connectivity index (χ4v) is 2.41. The van der Waals surface area contributed by atoms with Gasteiger partial charge in [-0.05, 0) is 19.1 Å². The number of rotatable bonds is 4. The Kier molecular flexibility index (Phi) is 3.75. The second kappa shape index (κ2) is 5.73. The van der Waals surface area contributed by atoms with Crippen LogP contribution in [0.25, 0.3) is 11.2 Å². The minimum absolute atomic E-state index is 0.156. The lowest BCUT2D eigenvalue weighted by atomic mass is 10.2. The average Bonchev–Trinajstić information content (AvgIpc) is 2.87. The Morgan fingerprint density at radius 1 is 1.26 bits per heavy atom. The summed E-state index contributed by atoms with van der Waals surface area (Å²) >= 11 is 0. The van der Waals surface area contributed by atoms with Gasteiger partial charge in [0.2, 0.25) is 5.95 Å². The highest BCUT2D eigenvalue weighted by molar-refractivity contribution is 5.75. The van der Waals surface area contributed by atoms with Crippen molar-refractivity contribution >= 4 is 22.8 Å². The van der Waals surface area contributed by atoms with E-state index >= 15 is 0 Å². The molecule has 0 bridgehead atoms. The molecular formula is C15H17N5O3. The van der Waals surface area contributed by atoms with Crippen molar-refractivity contribution in [2.75, 3.05) is 11.9 Å². The van der Waals surface area contributed by atoms with E-state index in [1.165, 1.54) is 11.6 Å². The molecule has 8 heteroatoms. The number of aliphatic hydroxyl groups excluding tert-OH is 1. The summed E-state index contributed by atoms with van der Waals surface area (Å²) in [6.45, 7) is 2.02. The van der Waals surface area contributed by atoms with Gasteiger partial charge >= 0.3 is 5.69 Å².